The van der Waals surface area contributed by atoms with Crippen LogP contribution in [-0.2, 0) is 10.0 Å². The second-order valence-corrected chi connectivity index (χ2v) is 10.8. The molecule has 0 unspecified atom stereocenters. The Kier molecular flexibility index (Phi) is 6.54. The number of ether oxygens (including phenoxy) is 1. The Balaban J connectivity index is 1.60. The molecule has 1 heterocycles. The molecule has 2 atom stereocenters. The average molecular weight is 474 g/mol. The van der Waals surface area contributed by atoms with Gasteiger partial charge >= 0.3 is 5.97 Å². The molecule has 0 radical (unpaired) electrons. The van der Waals surface area contributed by atoms with Crippen LogP contribution < -0.4 is 14.4 Å². The predicted octanol–water partition coefficient (Wildman–Crippen LogP) is 3.46. The molecule has 4 rings (SSSR count). The van der Waals surface area contributed by atoms with Crippen LogP contribution in [0.15, 0.2) is 41.3 Å². The summed E-state index contributed by atoms with van der Waals surface area (Å²) in [5.74, 6) is -0.191. The van der Waals surface area contributed by atoms with Gasteiger partial charge in [-0.1, -0.05) is 18.2 Å². The van der Waals surface area contributed by atoms with Gasteiger partial charge in [-0.25, -0.2) is 13.2 Å². The molecule has 2 aromatic carbocycles. The van der Waals surface area contributed by atoms with E-state index in [1.54, 1.807) is 24.3 Å². The minimum Gasteiger partial charge on any atom is -0.492 e. The number of benzene rings is 2. The molecule has 1 fully saturated rings. The van der Waals surface area contributed by atoms with E-state index in [2.05, 4.69) is 9.62 Å². The number of fused-ring (bicyclic) bond motifs is 3. The van der Waals surface area contributed by atoms with Gasteiger partial charge in [-0.3, -0.25) is 4.72 Å². The van der Waals surface area contributed by atoms with Crippen LogP contribution in [0.2, 0.25) is 0 Å². The lowest BCUT2D eigenvalue weighted by molar-refractivity contribution is 0.0692. The Labute approximate surface area is 195 Å². The summed E-state index contributed by atoms with van der Waals surface area (Å²) >= 11 is 0. The molecule has 0 amide bonds. The van der Waals surface area contributed by atoms with E-state index < -0.39 is 16.0 Å². The molecule has 8 nitrogen and oxygen atoms in total. The fourth-order valence-electron chi connectivity index (χ4n) is 4.44. The first kappa shape index (κ1) is 23.4. The zero-order valence-electron chi connectivity index (χ0n) is 19.2. The summed E-state index contributed by atoms with van der Waals surface area (Å²) in [7, 11) is 1.88. The summed E-state index contributed by atoms with van der Waals surface area (Å²) < 4.78 is 35.0. The van der Waals surface area contributed by atoms with Crippen molar-refractivity contribution in [3.8, 4) is 5.75 Å². The molecule has 1 aliphatic carbocycles. The highest BCUT2D eigenvalue weighted by molar-refractivity contribution is 7.92. The number of carboxylic acid groups (broad SMARTS) is 1. The second-order valence-electron chi connectivity index (χ2n) is 9.13. The van der Waals surface area contributed by atoms with Crippen molar-refractivity contribution in [2.45, 2.75) is 30.1 Å². The number of hydrogen-bond acceptors (Lipinski definition) is 6. The maximum atomic E-state index is 13.4. The highest BCUT2D eigenvalue weighted by Crippen LogP contribution is 2.55. The van der Waals surface area contributed by atoms with Gasteiger partial charge in [0.15, 0.2) is 0 Å². The normalized spacial score (nSPS) is 18.8. The highest BCUT2D eigenvalue weighted by Gasteiger charge is 2.45. The standard InChI is InChI=1S/C24H31N3O5S/c1-26(2)12-6-7-13-27(3)20-8-4-5-9-21(20)33(30,31)25-19-11-10-17-18-14-16(18)15-32-23(17)22(19)24(28)29/h4-5,8-11,16,18,25H,6-7,12-15H2,1-3H3,(H,28,29)/t16-,18-/m0/s1. The first-order chi connectivity index (χ1) is 15.7. The molecule has 1 aliphatic heterocycles. The lowest BCUT2D eigenvalue weighted by Crippen LogP contribution is -2.24. The molecule has 2 aromatic rings. The van der Waals surface area contributed by atoms with Crippen LogP contribution in [0.1, 0.15) is 41.1 Å². The third-order valence-corrected chi connectivity index (χ3v) is 7.74. The van der Waals surface area contributed by atoms with Crippen molar-refractivity contribution in [3.63, 3.8) is 0 Å². The fourth-order valence-corrected chi connectivity index (χ4v) is 5.77. The number of sulfonamides is 1. The van der Waals surface area contributed by atoms with Crippen LogP contribution >= 0.6 is 0 Å². The van der Waals surface area contributed by atoms with Crippen molar-refractivity contribution in [2.75, 3.05) is 50.5 Å². The van der Waals surface area contributed by atoms with E-state index in [4.69, 9.17) is 4.74 Å². The number of aromatic carboxylic acids is 1. The second kappa shape index (κ2) is 9.23. The number of nitrogens with zero attached hydrogens (tertiary/aromatic N) is 2. The third-order valence-electron chi connectivity index (χ3n) is 6.33. The van der Waals surface area contributed by atoms with Crippen molar-refractivity contribution in [1.29, 1.82) is 0 Å². The lowest BCUT2D eigenvalue weighted by atomic mass is 10.0. The molecule has 2 N–H and O–H groups in total. The van der Waals surface area contributed by atoms with Gasteiger partial charge in [-0.15, -0.1) is 0 Å². The SMILES string of the molecule is CN(C)CCCCN(C)c1ccccc1S(=O)(=O)Nc1ccc2c(c1C(=O)O)OC[C@@H]1C[C@H]21. The third kappa shape index (κ3) is 4.94. The zero-order valence-corrected chi connectivity index (χ0v) is 20.1. The van der Waals surface area contributed by atoms with Gasteiger partial charge in [0.25, 0.3) is 10.0 Å². The molecule has 0 saturated heterocycles. The lowest BCUT2D eigenvalue weighted by Gasteiger charge is -2.24. The van der Waals surface area contributed by atoms with Crippen LogP contribution in [0, 0.1) is 5.92 Å². The summed E-state index contributed by atoms with van der Waals surface area (Å²) in [5, 5.41) is 9.86. The van der Waals surface area contributed by atoms with E-state index in [-0.39, 0.29) is 21.9 Å². The van der Waals surface area contributed by atoms with Crippen molar-refractivity contribution >= 4 is 27.4 Å². The predicted molar refractivity (Wildman–Crippen MR) is 128 cm³/mol. The summed E-state index contributed by atoms with van der Waals surface area (Å²) in [6.07, 6.45) is 2.90. The van der Waals surface area contributed by atoms with Gasteiger partial charge in [-0.2, -0.15) is 0 Å². The number of hydrogen-bond donors (Lipinski definition) is 2. The van der Waals surface area contributed by atoms with Crippen LogP contribution in [0.5, 0.6) is 5.75 Å². The summed E-state index contributed by atoms with van der Waals surface area (Å²) in [5.41, 5.74) is 1.31. The molecular formula is C24H31N3O5S. The topological polar surface area (TPSA) is 99.2 Å². The van der Waals surface area contributed by atoms with Gasteiger partial charge in [0.2, 0.25) is 0 Å². The minimum absolute atomic E-state index is 0.0174. The van der Waals surface area contributed by atoms with Crippen LogP contribution in [0.4, 0.5) is 11.4 Å². The van der Waals surface area contributed by atoms with Crippen molar-refractivity contribution in [3.05, 3.63) is 47.5 Å². The number of nitrogens with one attached hydrogen (secondary N) is 1. The van der Waals surface area contributed by atoms with Crippen molar-refractivity contribution in [2.24, 2.45) is 5.92 Å². The molecule has 0 bridgehead atoms. The van der Waals surface area contributed by atoms with Gasteiger partial charge in [0.1, 0.15) is 16.2 Å². The van der Waals surface area contributed by atoms with Gasteiger partial charge < -0.3 is 19.6 Å². The van der Waals surface area contributed by atoms with Gasteiger partial charge in [0, 0.05) is 19.5 Å². The molecule has 2 aliphatic rings. The van der Waals surface area contributed by atoms with Gasteiger partial charge in [0.05, 0.1) is 18.0 Å². The minimum atomic E-state index is -4.04. The van der Waals surface area contributed by atoms with Crippen LogP contribution in [-0.4, -0.2) is 65.2 Å². The number of carboxylic acids is 1. The molecule has 9 heteroatoms. The molecule has 178 valence electrons. The largest absolute Gasteiger partial charge is 0.492 e. The Morgan fingerprint density at radius 1 is 1.12 bits per heavy atom. The molecule has 0 spiro atoms. The van der Waals surface area contributed by atoms with Crippen LogP contribution in [0.3, 0.4) is 0 Å². The zero-order chi connectivity index (χ0) is 23.8. The summed E-state index contributed by atoms with van der Waals surface area (Å²) in [6.45, 7) is 2.14. The number of rotatable bonds is 10. The molecule has 0 aromatic heterocycles. The number of unbranched alkanes of at least 4 members (excludes halogenated alkanes) is 1. The van der Waals surface area contributed by atoms with Crippen LogP contribution in [0.25, 0.3) is 0 Å². The quantitative estimate of drug-likeness (QED) is 0.510. The summed E-state index contributed by atoms with van der Waals surface area (Å²) in [6, 6.07) is 10.1. The Morgan fingerprint density at radius 3 is 2.58 bits per heavy atom. The van der Waals surface area contributed by atoms with Crippen molar-refractivity contribution in [1.82, 2.24) is 4.90 Å². The van der Waals surface area contributed by atoms with E-state index in [0.29, 0.717) is 30.7 Å². The Hall–Kier alpha value is -2.78. The smallest absolute Gasteiger partial charge is 0.341 e. The average Bonchev–Trinajstić information content (AvgIpc) is 3.56. The number of carbonyl (C=O) groups is 1. The molecule has 1 saturated carbocycles. The van der Waals surface area contributed by atoms with E-state index >= 15 is 0 Å². The monoisotopic (exact) mass is 473 g/mol. The molecular weight excluding hydrogens is 442 g/mol. The van der Waals surface area contributed by atoms with Crippen molar-refractivity contribution < 1.29 is 23.1 Å². The number of anilines is 2. The summed E-state index contributed by atoms with van der Waals surface area (Å²) in [4.78, 5) is 16.2. The van der Waals surface area contributed by atoms with E-state index in [1.807, 2.05) is 26.0 Å². The first-order valence-electron chi connectivity index (χ1n) is 11.2. The van der Waals surface area contributed by atoms with E-state index in [9.17, 15) is 18.3 Å². The first-order valence-corrected chi connectivity index (χ1v) is 12.7. The molecule has 33 heavy (non-hydrogen) atoms. The Bertz CT molecular complexity index is 1150. The van der Waals surface area contributed by atoms with E-state index in [0.717, 1.165) is 31.4 Å². The Morgan fingerprint density at radius 2 is 1.85 bits per heavy atom. The van der Waals surface area contributed by atoms with Gasteiger partial charge in [-0.05, 0) is 69.6 Å². The maximum Gasteiger partial charge on any atom is 0.341 e. The highest BCUT2D eigenvalue weighted by atomic mass is 32.2. The number of para-hydroxylation sites is 1. The maximum absolute atomic E-state index is 13.4. The fraction of sp³-hybridized carbons (Fsp3) is 0.458. The van der Waals surface area contributed by atoms with E-state index in [1.165, 1.54) is 12.1 Å².